The Labute approximate surface area is 120 Å². The predicted molar refractivity (Wildman–Crippen MR) is 78.8 cm³/mol. The lowest BCUT2D eigenvalue weighted by molar-refractivity contribution is 0.415. The Bertz CT molecular complexity index is 546. The first kappa shape index (κ1) is 14.5. The average Bonchev–Trinajstić information content (AvgIpc) is 2.69. The van der Waals surface area contributed by atoms with Crippen molar-refractivity contribution >= 4 is 0 Å². The number of ether oxygens (including phenoxy) is 1. The molecule has 2 aromatic rings. The standard InChI is InChI=1S/C15H22N4O/c1-11(2)8-16-9-13-5-6-14(17-10-13)20-15-7-12(3)18-19(15)4/h5-7,10-11,16H,8-9H2,1-4H3. The number of aryl methyl sites for hydroxylation is 2. The molecule has 0 fully saturated rings. The van der Waals surface area contributed by atoms with E-state index in [9.17, 15) is 0 Å². The molecule has 0 amide bonds. The highest BCUT2D eigenvalue weighted by molar-refractivity contribution is 5.24. The van der Waals surface area contributed by atoms with Crippen molar-refractivity contribution in [3.8, 4) is 11.8 Å². The SMILES string of the molecule is Cc1cc(Oc2ccc(CNCC(C)C)cn2)n(C)n1. The highest BCUT2D eigenvalue weighted by Gasteiger charge is 2.05. The molecule has 0 unspecified atom stereocenters. The molecule has 2 aromatic heterocycles. The zero-order valence-electron chi connectivity index (χ0n) is 12.6. The van der Waals surface area contributed by atoms with E-state index in [0.29, 0.717) is 17.7 Å². The number of hydrogen-bond acceptors (Lipinski definition) is 4. The van der Waals surface area contributed by atoms with Crippen molar-refractivity contribution in [2.45, 2.75) is 27.3 Å². The van der Waals surface area contributed by atoms with Crippen molar-refractivity contribution in [2.24, 2.45) is 13.0 Å². The van der Waals surface area contributed by atoms with Gasteiger partial charge >= 0.3 is 0 Å². The Balaban J connectivity index is 1.93. The molecule has 1 N–H and O–H groups in total. The van der Waals surface area contributed by atoms with Gasteiger partial charge in [-0.2, -0.15) is 5.10 Å². The van der Waals surface area contributed by atoms with Gasteiger partial charge in [0.1, 0.15) is 0 Å². The Morgan fingerprint density at radius 3 is 2.70 bits per heavy atom. The van der Waals surface area contributed by atoms with Crippen molar-refractivity contribution in [3.63, 3.8) is 0 Å². The van der Waals surface area contributed by atoms with Gasteiger partial charge in [-0.1, -0.05) is 19.9 Å². The first-order valence-electron chi connectivity index (χ1n) is 6.88. The summed E-state index contributed by atoms with van der Waals surface area (Å²) in [5, 5.41) is 7.62. The molecule has 0 saturated carbocycles. The molecule has 2 rings (SSSR count). The smallest absolute Gasteiger partial charge is 0.221 e. The minimum Gasteiger partial charge on any atom is -0.421 e. The molecule has 0 aliphatic heterocycles. The molecule has 2 heterocycles. The van der Waals surface area contributed by atoms with Gasteiger partial charge in [-0.05, 0) is 24.9 Å². The van der Waals surface area contributed by atoms with Crippen LogP contribution in [-0.4, -0.2) is 21.3 Å². The van der Waals surface area contributed by atoms with Crippen molar-refractivity contribution in [1.29, 1.82) is 0 Å². The topological polar surface area (TPSA) is 52.0 Å². The van der Waals surface area contributed by atoms with Crippen LogP contribution in [0, 0.1) is 12.8 Å². The van der Waals surface area contributed by atoms with Crippen molar-refractivity contribution < 1.29 is 4.74 Å². The molecular weight excluding hydrogens is 252 g/mol. The quantitative estimate of drug-likeness (QED) is 0.880. The van der Waals surface area contributed by atoms with Crippen LogP contribution in [-0.2, 0) is 13.6 Å². The monoisotopic (exact) mass is 274 g/mol. The van der Waals surface area contributed by atoms with Crippen molar-refractivity contribution in [3.05, 3.63) is 35.7 Å². The predicted octanol–water partition coefficient (Wildman–Crippen LogP) is 2.66. The second-order valence-electron chi connectivity index (χ2n) is 5.38. The van der Waals surface area contributed by atoms with Crippen LogP contribution in [0.5, 0.6) is 11.8 Å². The van der Waals surface area contributed by atoms with E-state index >= 15 is 0 Å². The summed E-state index contributed by atoms with van der Waals surface area (Å²) in [6, 6.07) is 5.80. The molecule has 108 valence electrons. The minimum absolute atomic E-state index is 0.584. The van der Waals surface area contributed by atoms with Gasteiger partial charge in [-0.15, -0.1) is 0 Å². The van der Waals surface area contributed by atoms with Crippen LogP contribution in [0.2, 0.25) is 0 Å². The Morgan fingerprint density at radius 1 is 1.35 bits per heavy atom. The van der Waals surface area contributed by atoms with Crippen LogP contribution in [0.1, 0.15) is 25.1 Å². The summed E-state index contributed by atoms with van der Waals surface area (Å²) < 4.78 is 7.40. The number of hydrogen-bond donors (Lipinski definition) is 1. The van der Waals surface area contributed by atoms with E-state index in [1.807, 2.05) is 38.4 Å². The fraction of sp³-hybridized carbons (Fsp3) is 0.467. The molecule has 0 aliphatic rings. The summed E-state index contributed by atoms with van der Waals surface area (Å²) >= 11 is 0. The third-order valence-corrected chi connectivity index (χ3v) is 2.85. The lowest BCUT2D eigenvalue weighted by Gasteiger charge is -2.08. The summed E-state index contributed by atoms with van der Waals surface area (Å²) in [6.45, 7) is 8.16. The van der Waals surface area contributed by atoms with E-state index < -0.39 is 0 Å². The lowest BCUT2D eigenvalue weighted by Crippen LogP contribution is -2.18. The van der Waals surface area contributed by atoms with Crippen LogP contribution < -0.4 is 10.1 Å². The molecule has 0 aliphatic carbocycles. The van der Waals surface area contributed by atoms with Gasteiger partial charge in [0.05, 0.1) is 5.69 Å². The first-order chi connectivity index (χ1) is 9.54. The fourth-order valence-electron chi connectivity index (χ4n) is 1.87. The van der Waals surface area contributed by atoms with Crippen LogP contribution in [0.15, 0.2) is 24.4 Å². The van der Waals surface area contributed by atoms with Crippen molar-refractivity contribution in [2.75, 3.05) is 6.54 Å². The second kappa shape index (κ2) is 6.52. The molecule has 0 saturated heterocycles. The van der Waals surface area contributed by atoms with Gasteiger partial charge in [0, 0.05) is 31.9 Å². The Hall–Kier alpha value is -1.88. The summed E-state index contributed by atoms with van der Waals surface area (Å²) in [7, 11) is 1.85. The Morgan fingerprint density at radius 2 is 2.15 bits per heavy atom. The zero-order valence-corrected chi connectivity index (χ0v) is 12.6. The minimum atomic E-state index is 0.584. The summed E-state index contributed by atoms with van der Waals surface area (Å²) in [4.78, 5) is 4.32. The molecule has 0 radical (unpaired) electrons. The summed E-state index contributed by atoms with van der Waals surface area (Å²) in [5.74, 6) is 1.93. The zero-order chi connectivity index (χ0) is 14.5. The van der Waals surface area contributed by atoms with Crippen LogP contribution >= 0.6 is 0 Å². The van der Waals surface area contributed by atoms with Gasteiger partial charge in [0.2, 0.25) is 11.8 Å². The third-order valence-electron chi connectivity index (χ3n) is 2.85. The maximum atomic E-state index is 5.70. The van der Waals surface area contributed by atoms with Crippen LogP contribution in [0.3, 0.4) is 0 Å². The maximum absolute atomic E-state index is 5.70. The van der Waals surface area contributed by atoms with Gasteiger partial charge in [0.15, 0.2) is 0 Å². The average molecular weight is 274 g/mol. The number of pyridine rings is 1. The van der Waals surface area contributed by atoms with E-state index in [1.165, 1.54) is 0 Å². The fourth-order valence-corrected chi connectivity index (χ4v) is 1.87. The van der Waals surface area contributed by atoms with Gasteiger partial charge in [0.25, 0.3) is 0 Å². The van der Waals surface area contributed by atoms with Crippen molar-refractivity contribution in [1.82, 2.24) is 20.1 Å². The normalized spacial score (nSPS) is 11.1. The van der Waals surface area contributed by atoms with E-state index in [1.54, 1.807) is 4.68 Å². The largest absolute Gasteiger partial charge is 0.421 e. The van der Waals surface area contributed by atoms with Gasteiger partial charge in [-0.3, -0.25) is 0 Å². The highest BCUT2D eigenvalue weighted by atomic mass is 16.5. The highest BCUT2D eigenvalue weighted by Crippen LogP contribution is 2.19. The van der Waals surface area contributed by atoms with Gasteiger partial charge in [-0.25, -0.2) is 9.67 Å². The molecule has 5 nitrogen and oxygen atoms in total. The molecule has 0 atom stereocenters. The van der Waals surface area contributed by atoms with E-state index in [4.69, 9.17) is 4.74 Å². The lowest BCUT2D eigenvalue weighted by atomic mass is 10.2. The first-order valence-corrected chi connectivity index (χ1v) is 6.88. The maximum Gasteiger partial charge on any atom is 0.221 e. The van der Waals surface area contributed by atoms with Gasteiger partial charge < -0.3 is 10.1 Å². The number of nitrogens with zero attached hydrogens (tertiary/aromatic N) is 3. The number of rotatable bonds is 6. The number of aromatic nitrogens is 3. The molecule has 0 aromatic carbocycles. The molecule has 20 heavy (non-hydrogen) atoms. The third kappa shape index (κ3) is 4.06. The molecule has 5 heteroatoms. The number of nitrogens with one attached hydrogen (secondary N) is 1. The van der Waals surface area contributed by atoms with Crippen LogP contribution in [0.25, 0.3) is 0 Å². The van der Waals surface area contributed by atoms with Crippen LogP contribution in [0.4, 0.5) is 0 Å². The molecule has 0 bridgehead atoms. The molecular formula is C15H22N4O. The van der Waals surface area contributed by atoms with E-state index in [2.05, 4.69) is 29.2 Å². The van der Waals surface area contributed by atoms with E-state index in [0.717, 1.165) is 24.3 Å². The second-order valence-corrected chi connectivity index (χ2v) is 5.38. The summed E-state index contributed by atoms with van der Waals surface area (Å²) in [5.41, 5.74) is 2.08. The molecule has 0 spiro atoms. The Kier molecular flexibility index (Phi) is 4.74. The van der Waals surface area contributed by atoms with E-state index in [-0.39, 0.29) is 0 Å². The summed E-state index contributed by atoms with van der Waals surface area (Å²) in [6.07, 6.45) is 1.84.